The third-order valence-corrected chi connectivity index (χ3v) is 5.56. The van der Waals surface area contributed by atoms with E-state index >= 15 is 0 Å². The zero-order valence-electron chi connectivity index (χ0n) is 17.4. The molecule has 1 aromatic carbocycles. The van der Waals surface area contributed by atoms with Gasteiger partial charge in [0.15, 0.2) is 0 Å². The van der Waals surface area contributed by atoms with E-state index in [9.17, 15) is 9.59 Å². The maximum absolute atomic E-state index is 13.2. The largest absolute Gasteiger partial charge is 0.484 e. The molecule has 1 aromatic heterocycles. The van der Waals surface area contributed by atoms with Gasteiger partial charge in [-0.3, -0.25) is 9.59 Å². The minimum atomic E-state index is -0.532. The number of nitrogens with zero attached hydrogens (tertiary/aromatic N) is 4. The van der Waals surface area contributed by atoms with Crippen LogP contribution in [0.2, 0.25) is 0 Å². The van der Waals surface area contributed by atoms with E-state index in [4.69, 9.17) is 9.47 Å². The second kappa shape index (κ2) is 8.43. The molecule has 2 aliphatic heterocycles. The smallest absolute Gasteiger partial charge is 0.258 e. The van der Waals surface area contributed by atoms with Crippen molar-refractivity contribution in [2.45, 2.75) is 38.8 Å². The van der Waals surface area contributed by atoms with E-state index in [1.807, 2.05) is 32.0 Å². The van der Waals surface area contributed by atoms with Gasteiger partial charge in [-0.1, -0.05) is 12.1 Å². The molecule has 0 atom stereocenters. The Kier molecular flexibility index (Phi) is 5.72. The summed E-state index contributed by atoms with van der Waals surface area (Å²) in [6.07, 6.45) is 1.36. The van der Waals surface area contributed by atoms with Gasteiger partial charge in [-0.15, -0.1) is 0 Å². The van der Waals surface area contributed by atoms with Crippen LogP contribution in [0.4, 0.5) is 0 Å². The molecule has 0 bridgehead atoms. The Morgan fingerprint density at radius 3 is 2.73 bits per heavy atom. The highest BCUT2D eigenvalue weighted by Gasteiger charge is 2.42. The Morgan fingerprint density at radius 1 is 1.23 bits per heavy atom. The molecule has 0 saturated carbocycles. The lowest BCUT2D eigenvalue weighted by atomic mass is 9.93. The molecule has 0 unspecified atom stereocenters. The quantitative estimate of drug-likeness (QED) is 0.788. The van der Waals surface area contributed by atoms with Crippen LogP contribution >= 0.6 is 0 Å². The molecule has 2 amide bonds. The predicted molar refractivity (Wildman–Crippen MR) is 108 cm³/mol. The number of benzene rings is 1. The zero-order chi connectivity index (χ0) is 21.1. The number of hydrogen-bond donors (Lipinski definition) is 1. The van der Waals surface area contributed by atoms with Crippen molar-refractivity contribution in [2.24, 2.45) is 0 Å². The number of aromatic nitrogens is 3. The molecule has 30 heavy (non-hydrogen) atoms. The normalized spacial score (nSPS) is 17.9. The van der Waals surface area contributed by atoms with E-state index in [-0.39, 0.29) is 18.4 Å². The molecule has 3 heterocycles. The molecule has 160 valence electrons. The van der Waals surface area contributed by atoms with E-state index in [0.29, 0.717) is 62.8 Å². The van der Waals surface area contributed by atoms with Crippen LogP contribution in [0.15, 0.2) is 24.3 Å². The number of aryl methyl sites for hydroxylation is 2. The average Bonchev–Trinajstić information content (AvgIpc) is 2.99. The second-order valence-electron chi connectivity index (χ2n) is 7.83. The van der Waals surface area contributed by atoms with Gasteiger partial charge < -0.3 is 19.7 Å². The summed E-state index contributed by atoms with van der Waals surface area (Å²) >= 11 is 0. The number of amides is 2. The monoisotopic (exact) mass is 413 g/mol. The number of carbonyl (C=O) groups is 2. The predicted octanol–water partition coefficient (Wildman–Crippen LogP) is 1.10. The van der Waals surface area contributed by atoms with Gasteiger partial charge in [0.2, 0.25) is 5.91 Å². The standard InChI is InChI=1S/C21H27N5O4/c1-15-23-16(2)26(24-15)10-9-22-19(27)13-25-14-21(7-11-29-12-8-21)30-18-6-4-3-5-17(18)20(25)28/h3-6H,7-14H2,1-2H3,(H,22,27). The third-order valence-electron chi connectivity index (χ3n) is 5.56. The first-order valence-corrected chi connectivity index (χ1v) is 10.3. The second-order valence-corrected chi connectivity index (χ2v) is 7.83. The van der Waals surface area contributed by atoms with Gasteiger partial charge in [-0.25, -0.2) is 9.67 Å². The minimum Gasteiger partial charge on any atom is -0.484 e. The van der Waals surface area contributed by atoms with Crippen LogP contribution < -0.4 is 10.1 Å². The molecule has 9 nitrogen and oxygen atoms in total. The molecule has 2 aromatic rings. The number of para-hydroxylation sites is 1. The molecule has 0 radical (unpaired) electrons. The van der Waals surface area contributed by atoms with Gasteiger partial charge in [0.05, 0.1) is 38.4 Å². The lowest BCUT2D eigenvalue weighted by Gasteiger charge is -2.38. The summed E-state index contributed by atoms with van der Waals surface area (Å²) in [5.41, 5.74) is -0.0433. The fourth-order valence-corrected chi connectivity index (χ4v) is 4.02. The molecule has 1 spiro atoms. The molecular formula is C21H27N5O4. The summed E-state index contributed by atoms with van der Waals surface area (Å²) in [5, 5.41) is 7.17. The van der Waals surface area contributed by atoms with Crippen molar-refractivity contribution in [3.8, 4) is 5.75 Å². The van der Waals surface area contributed by atoms with Gasteiger partial charge in [-0.2, -0.15) is 5.10 Å². The van der Waals surface area contributed by atoms with Gasteiger partial charge in [-0.05, 0) is 26.0 Å². The van der Waals surface area contributed by atoms with E-state index in [1.165, 1.54) is 0 Å². The van der Waals surface area contributed by atoms with Crippen LogP contribution in [-0.2, 0) is 16.1 Å². The van der Waals surface area contributed by atoms with Crippen LogP contribution in [0.3, 0.4) is 0 Å². The lowest BCUT2D eigenvalue weighted by Crippen LogP contribution is -2.52. The lowest BCUT2D eigenvalue weighted by molar-refractivity contribution is -0.122. The first-order valence-electron chi connectivity index (χ1n) is 10.3. The third kappa shape index (κ3) is 4.30. The molecule has 1 N–H and O–H groups in total. The highest BCUT2D eigenvalue weighted by atomic mass is 16.5. The van der Waals surface area contributed by atoms with Crippen molar-refractivity contribution in [2.75, 3.05) is 32.8 Å². The van der Waals surface area contributed by atoms with Crippen LogP contribution in [-0.4, -0.2) is 69.9 Å². The van der Waals surface area contributed by atoms with Crippen LogP contribution in [0.25, 0.3) is 0 Å². The number of nitrogens with one attached hydrogen (secondary N) is 1. The van der Waals surface area contributed by atoms with E-state index in [2.05, 4.69) is 15.4 Å². The number of hydrogen-bond acceptors (Lipinski definition) is 6. The van der Waals surface area contributed by atoms with E-state index in [0.717, 1.165) is 5.82 Å². The van der Waals surface area contributed by atoms with Crippen LogP contribution in [0.5, 0.6) is 5.75 Å². The van der Waals surface area contributed by atoms with Crippen molar-refractivity contribution in [3.05, 3.63) is 41.5 Å². The summed E-state index contributed by atoms with van der Waals surface area (Å²) in [6.45, 7) is 6.14. The SMILES string of the molecule is Cc1nc(C)n(CCNC(=O)CN2CC3(CCOCC3)Oc3ccccc3C2=O)n1. The molecule has 0 aliphatic carbocycles. The maximum atomic E-state index is 13.2. The first kappa shape index (κ1) is 20.3. The molecule has 1 saturated heterocycles. The molecule has 4 rings (SSSR count). The van der Waals surface area contributed by atoms with Crippen molar-refractivity contribution in [1.29, 1.82) is 0 Å². The Hall–Kier alpha value is -2.94. The van der Waals surface area contributed by atoms with Gasteiger partial charge in [0, 0.05) is 19.4 Å². The molecular weight excluding hydrogens is 386 g/mol. The zero-order valence-corrected chi connectivity index (χ0v) is 17.4. The summed E-state index contributed by atoms with van der Waals surface area (Å²) < 4.78 is 13.6. The van der Waals surface area contributed by atoms with Crippen molar-refractivity contribution >= 4 is 11.8 Å². The van der Waals surface area contributed by atoms with E-state index < -0.39 is 5.60 Å². The summed E-state index contributed by atoms with van der Waals surface area (Å²) in [4.78, 5) is 31.6. The van der Waals surface area contributed by atoms with Crippen LogP contribution in [0.1, 0.15) is 34.8 Å². The number of ether oxygens (including phenoxy) is 2. The van der Waals surface area contributed by atoms with Crippen LogP contribution in [0, 0.1) is 13.8 Å². The number of rotatable bonds is 5. The highest BCUT2D eigenvalue weighted by molar-refractivity contribution is 5.99. The van der Waals surface area contributed by atoms with Crippen molar-refractivity contribution < 1.29 is 19.1 Å². The summed E-state index contributed by atoms with van der Waals surface area (Å²) in [7, 11) is 0. The fraction of sp³-hybridized carbons (Fsp3) is 0.524. The van der Waals surface area contributed by atoms with E-state index in [1.54, 1.807) is 15.6 Å². The van der Waals surface area contributed by atoms with Gasteiger partial charge >= 0.3 is 0 Å². The summed E-state index contributed by atoms with van der Waals surface area (Å²) in [6, 6.07) is 7.23. The Bertz CT molecular complexity index is 935. The Labute approximate surface area is 175 Å². The maximum Gasteiger partial charge on any atom is 0.258 e. The number of fused-ring (bicyclic) bond motifs is 1. The minimum absolute atomic E-state index is 0.0193. The average molecular weight is 413 g/mol. The van der Waals surface area contributed by atoms with Gasteiger partial charge in [0.1, 0.15) is 23.0 Å². The Morgan fingerprint density at radius 2 is 2.00 bits per heavy atom. The first-order chi connectivity index (χ1) is 14.5. The fourth-order valence-electron chi connectivity index (χ4n) is 4.02. The number of carbonyl (C=O) groups excluding carboxylic acids is 2. The van der Waals surface area contributed by atoms with Crippen molar-refractivity contribution in [3.63, 3.8) is 0 Å². The topological polar surface area (TPSA) is 98.6 Å². The van der Waals surface area contributed by atoms with Gasteiger partial charge in [0.25, 0.3) is 5.91 Å². The molecule has 1 fully saturated rings. The Balaban J connectivity index is 1.44. The van der Waals surface area contributed by atoms with Crippen molar-refractivity contribution in [1.82, 2.24) is 25.0 Å². The molecule has 2 aliphatic rings. The molecule has 9 heteroatoms. The summed E-state index contributed by atoms with van der Waals surface area (Å²) in [5.74, 6) is 1.68. The highest BCUT2D eigenvalue weighted by Crippen LogP contribution is 2.34.